The Morgan fingerprint density at radius 3 is 2.59 bits per heavy atom. The largest absolute Gasteiger partial charge is 0.497 e. The van der Waals surface area contributed by atoms with E-state index in [9.17, 15) is 4.79 Å². The number of furan rings is 1. The van der Waals surface area contributed by atoms with E-state index < -0.39 is 0 Å². The quantitative estimate of drug-likeness (QED) is 0.576. The van der Waals surface area contributed by atoms with Crippen LogP contribution in [0.2, 0.25) is 0 Å². The Hall–Kier alpha value is -2.75. The van der Waals surface area contributed by atoms with Gasteiger partial charge in [-0.2, -0.15) is 0 Å². The SMILES string of the molecule is COc1ccc2c(c1)[nH]c(=O)c1c3cc(C)c(C)cc3oc21. The van der Waals surface area contributed by atoms with Gasteiger partial charge in [0.05, 0.1) is 18.0 Å². The molecule has 4 nitrogen and oxygen atoms in total. The average Bonchev–Trinajstić information content (AvgIpc) is 2.86. The number of nitrogens with one attached hydrogen (secondary N) is 1. The number of benzene rings is 2. The number of methoxy groups -OCH3 is 1. The first-order valence-electron chi connectivity index (χ1n) is 7.12. The summed E-state index contributed by atoms with van der Waals surface area (Å²) in [7, 11) is 1.60. The number of hydrogen-bond donors (Lipinski definition) is 1. The maximum atomic E-state index is 12.5. The van der Waals surface area contributed by atoms with E-state index >= 15 is 0 Å². The molecule has 4 aromatic rings. The summed E-state index contributed by atoms with van der Waals surface area (Å²) in [4.78, 5) is 15.4. The van der Waals surface area contributed by atoms with Crippen LogP contribution in [0.3, 0.4) is 0 Å². The lowest BCUT2D eigenvalue weighted by Crippen LogP contribution is -2.05. The summed E-state index contributed by atoms with van der Waals surface area (Å²) in [5.74, 6) is 0.699. The zero-order valence-electron chi connectivity index (χ0n) is 12.6. The molecular weight excluding hydrogens is 278 g/mol. The lowest BCUT2D eigenvalue weighted by molar-refractivity contribution is 0.415. The van der Waals surface area contributed by atoms with E-state index in [4.69, 9.17) is 9.15 Å². The molecule has 0 aliphatic rings. The van der Waals surface area contributed by atoms with Crippen molar-refractivity contribution in [1.82, 2.24) is 4.98 Å². The summed E-state index contributed by atoms with van der Waals surface area (Å²) >= 11 is 0. The Kier molecular flexibility index (Phi) is 2.57. The number of rotatable bonds is 1. The maximum absolute atomic E-state index is 12.5. The summed E-state index contributed by atoms with van der Waals surface area (Å²) in [6.45, 7) is 4.07. The van der Waals surface area contributed by atoms with E-state index in [0.29, 0.717) is 22.2 Å². The van der Waals surface area contributed by atoms with E-state index in [2.05, 4.69) is 4.98 Å². The molecule has 0 saturated heterocycles. The Morgan fingerprint density at radius 2 is 1.82 bits per heavy atom. The van der Waals surface area contributed by atoms with Crippen LogP contribution in [0.4, 0.5) is 0 Å². The van der Waals surface area contributed by atoms with E-state index in [1.165, 1.54) is 0 Å². The summed E-state index contributed by atoms with van der Waals surface area (Å²) in [5, 5.41) is 2.34. The van der Waals surface area contributed by atoms with Crippen LogP contribution < -0.4 is 10.3 Å². The van der Waals surface area contributed by atoms with Gasteiger partial charge in [0.1, 0.15) is 16.9 Å². The minimum Gasteiger partial charge on any atom is -0.497 e. The summed E-state index contributed by atoms with van der Waals surface area (Å²) in [5.41, 5.74) is 4.23. The normalized spacial score (nSPS) is 11.6. The number of H-pyrrole nitrogens is 1. The van der Waals surface area contributed by atoms with Crippen molar-refractivity contribution in [3.05, 3.63) is 51.8 Å². The van der Waals surface area contributed by atoms with Gasteiger partial charge < -0.3 is 14.1 Å². The lowest BCUT2D eigenvalue weighted by Gasteiger charge is -2.02. The third kappa shape index (κ3) is 1.67. The van der Waals surface area contributed by atoms with Crippen molar-refractivity contribution in [2.75, 3.05) is 7.11 Å². The highest BCUT2D eigenvalue weighted by molar-refractivity contribution is 6.13. The Morgan fingerprint density at radius 1 is 1.05 bits per heavy atom. The first kappa shape index (κ1) is 13.0. The predicted molar refractivity (Wildman–Crippen MR) is 87.9 cm³/mol. The number of aryl methyl sites for hydroxylation is 2. The lowest BCUT2D eigenvalue weighted by atomic mass is 10.1. The summed E-state index contributed by atoms with van der Waals surface area (Å²) in [6.07, 6.45) is 0. The van der Waals surface area contributed by atoms with E-state index in [1.807, 2.05) is 38.1 Å². The third-order valence-corrected chi connectivity index (χ3v) is 4.25. The van der Waals surface area contributed by atoms with Crippen molar-refractivity contribution < 1.29 is 9.15 Å². The molecule has 4 rings (SSSR count). The van der Waals surface area contributed by atoms with Gasteiger partial charge in [0.2, 0.25) is 0 Å². The molecule has 4 heteroatoms. The fourth-order valence-electron chi connectivity index (χ4n) is 2.90. The first-order chi connectivity index (χ1) is 10.6. The molecule has 0 spiro atoms. The van der Waals surface area contributed by atoms with E-state index in [-0.39, 0.29) is 5.56 Å². The summed E-state index contributed by atoms with van der Waals surface area (Å²) in [6, 6.07) is 9.58. The molecule has 0 radical (unpaired) electrons. The van der Waals surface area contributed by atoms with Gasteiger partial charge in [-0.3, -0.25) is 4.79 Å². The Balaban J connectivity index is 2.24. The van der Waals surface area contributed by atoms with Gasteiger partial charge in [-0.15, -0.1) is 0 Å². The van der Waals surface area contributed by atoms with Gasteiger partial charge >= 0.3 is 0 Å². The Labute approximate surface area is 126 Å². The second-order valence-electron chi connectivity index (χ2n) is 5.60. The van der Waals surface area contributed by atoms with Gasteiger partial charge in [-0.25, -0.2) is 0 Å². The van der Waals surface area contributed by atoms with Crippen molar-refractivity contribution in [3.8, 4) is 5.75 Å². The van der Waals surface area contributed by atoms with Crippen molar-refractivity contribution in [2.24, 2.45) is 0 Å². The van der Waals surface area contributed by atoms with Crippen molar-refractivity contribution in [2.45, 2.75) is 13.8 Å². The molecule has 2 aromatic carbocycles. The molecular formula is C18H15NO3. The molecule has 0 bridgehead atoms. The monoisotopic (exact) mass is 293 g/mol. The van der Waals surface area contributed by atoms with E-state index in [0.717, 1.165) is 27.5 Å². The number of aromatic amines is 1. The first-order valence-corrected chi connectivity index (χ1v) is 7.12. The number of aromatic nitrogens is 1. The van der Waals surface area contributed by atoms with Crippen LogP contribution in [0.1, 0.15) is 11.1 Å². The van der Waals surface area contributed by atoms with Crippen LogP contribution in [0.5, 0.6) is 5.75 Å². The molecule has 2 heterocycles. The molecule has 0 aliphatic heterocycles. The molecule has 0 amide bonds. The van der Waals surface area contributed by atoms with Gasteiger partial charge in [0, 0.05) is 16.8 Å². The highest BCUT2D eigenvalue weighted by Gasteiger charge is 2.15. The molecule has 1 N–H and O–H groups in total. The van der Waals surface area contributed by atoms with Crippen molar-refractivity contribution >= 4 is 32.8 Å². The highest BCUT2D eigenvalue weighted by atomic mass is 16.5. The zero-order chi connectivity index (χ0) is 15.4. The smallest absolute Gasteiger partial charge is 0.260 e. The van der Waals surface area contributed by atoms with Crippen LogP contribution in [0, 0.1) is 13.8 Å². The fourth-order valence-corrected chi connectivity index (χ4v) is 2.90. The number of pyridine rings is 1. The fraction of sp³-hybridized carbons (Fsp3) is 0.167. The predicted octanol–water partition coefficient (Wildman–Crippen LogP) is 4.05. The van der Waals surface area contributed by atoms with Gasteiger partial charge in [0.15, 0.2) is 0 Å². The number of hydrogen-bond acceptors (Lipinski definition) is 3. The second-order valence-corrected chi connectivity index (χ2v) is 5.60. The molecule has 0 aliphatic carbocycles. The third-order valence-electron chi connectivity index (χ3n) is 4.25. The van der Waals surface area contributed by atoms with Crippen LogP contribution in [-0.4, -0.2) is 12.1 Å². The number of ether oxygens (including phenoxy) is 1. The van der Waals surface area contributed by atoms with Gasteiger partial charge in [-0.05, 0) is 49.2 Å². The average molecular weight is 293 g/mol. The summed E-state index contributed by atoms with van der Waals surface area (Å²) < 4.78 is 11.2. The minimum absolute atomic E-state index is 0.141. The maximum Gasteiger partial charge on any atom is 0.260 e. The van der Waals surface area contributed by atoms with Crippen LogP contribution in [-0.2, 0) is 0 Å². The van der Waals surface area contributed by atoms with Gasteiger partial charge in [0.25, 0.3) is 5.56 Å². The van der Waals surface area contributed by atoms with Crippen molar-refractivity contribution in [1.29, 1.82) is 0 Å². The Bertz CT molecular complexity index is 1100. The molecule has 110 valence electrons. The second kappa shape index (κ2) is 4.37. The van der Waals surface area contributed by atoms with Crippen molar-refractivity contribution in [3.63, 3.8) is 0 Å². The molecule has 2 aromatic heterocycles. The standard InChI is InChI=1S/C18H15NO3/c1-9-6-13-15(7-10(9)2)22-17-12-5-4-11(21-3)8-14(12)19-18(20)16(13)17/h4-8H,1-3H3,(H,19,20). The minimum atomic E-state index is -0.141. The van der Waals surface area contributed by atoms with Crippen LogP contribution >= 0.6 is 0 Å². The molecule has 0 atom stereocenters. The molecule has 0 fully saturated rings. The van der Waals surface area contributed by atoms with E-state index in [1.54, 1.807) is 13.2 Å². The molecule has 0 saturated carbocycles. The van der Waals surface area contributed by atoms with Crippen LogP contribution in [0.15, 0.2) is 39.5 Å². The topological polar surface area (TPSA) is 55.2 Å². The van der Waals surface area contributed by atoms with Crippen LogP contribution in [0.25, 0.3) is 32.8 Å². The molecule has 22 heavy (non-hydrogen) atoms. The number of fused-ring (bicyclic) bond motifs is 5. The highest BCUT2D eigenvalue weighted by Crippen LogP contribution is 2.33. The van der Waals surface area contributed by atoms with Gasteiger partial charge in [-0.1, -0.05) is 0 Å². The zero-order valence-corrected chi connectivity index (χ0v) is 12.6. The molecule has 0 unspecified atom stereocenters.